The molecule has 4 heteroatoms. The Balaban J connectivity index is 2.31. The Kier molecular flexibility index (Phi) is 4.79. The Hall–Kier alpha value is -0.160. The van der Waals surface area contributed by atoms with Crippen molar-refractivity contribution in [3.8, 4) is 0 Å². The Labute approximate surface area is 123 Å². The maximum absolute atomic E-state index is 3.52. The van der Waals surface area contributed by atoms with Gasteiger partial charge in [-0.1, -0.05) is 35.0 Å². The fourth-order valence-electron chi connectivity index (χ4n) is 1.73. The molecule has 1 aromatic heterocycles. The highest BCUT2D eigenvalue weighted by molar-refractivity contribution is 9.11. The molecule has 0 radical (unpaired) electrons. The van der Waals surface area contributed by atoms with Crippen molar-refractivity contribution < 1.29 is 0 Å². The molecule has 0 saturated heterocycles. The fourth-order valence-corrected chi connectivity index (χ4v) is 3.52. The highest BCUT2D eigenvalue weighted by atomic mass is 79.9. The molecule has 0 amide bonds. The normalized spacial score (nSPS) is 12.6. The second-order valence-electron chi connectivity index (χ2n) is 3.68. The van der Waals surface area contributed by atoms with Crippen LogP contribution in [0.4, 0.5) is 0 Å². The maximum Gasteiger partial charge on any atom is 0.0702 e. The number of benzene rings is 1. The molecule has 1 atom stereocenters. The molecule has 0 saturated carbocycles. The minimum atomic E-state index is 0.282. The van der Waals surface area contributed by atoms with Gasteiger partial charge in [-0.05, 0) is 52.3 Å². The summed E-state index contributed by atoms with van der Waals surface area (Å²) in [5.41, 5.74) is 1.30. The lowest BCUT2D eigenvalue weighted by Crippen LogP contribution is -2.20. The molecule has 1 unspecified atom stereocenters. The van der Waals surface area contributed by atoms with Crippen molar-refractivity contribution in [1.29, 1.82) is 0 Å². The number of hydrogen-bond acceptors (Lipinski definition) is 2. The second kappa shape index (κ2) is 6.14. The zero-order valence-corrected chi connectivity index (χ0v) is 13.4. The van der Waals surface area contributed by atoms with Crippen molar-refractivity contribution in [2.24, 2.45) is 0 Å². The van der Waals surface area contributed by atoms with E-state index in [1.165, 1.54) is 14.2 Å². The van der Waals surface area contributed by atoms with Crippen LogP contribution in [0.25, 0.3) is 0 Å². The van der Waals surface area contributed by atoms with Crippen molar-refractivity contribution in [3.05, 3.63) is 55.1 Å². The second-order valence-corrected chi connectivity index (χ2v) is 7.09. The predicted molar refractivity (Wildman–Crippen MR) is 81.7 cm³/mol. The van der Waals surface area contributed by atoms with E-state index < -0.39 is 0 Å². The molecule has 90 valence electrons. The number of thiophene rings is 1. The minimum absolute atomic E-state index is 0.282. The van der Waals surface area contributed by atoms with Gasteiger partial charge in [-0.15, -0.1) is 11.3 Å². The first-order valence-electron chi connectivity index (χ1n) is 5.44. The highest BCUT2D eigenvalue weighted by Gasteiger charge is 2.14. The summed E-state index contributed by atoms with van der Waals surface area (Å²) < 4.78 is 2.29. The summed E-state index contributed by atoms with van der Waals surface area (Å²) in [6, 6.07) is 13.0. The molecule has 0 spiro atoms. The fraction of sp³-hybridized carbons (Fsp3) is 0.231. The molecule has 1 N–H and O–H groups in total. The molecule has 17 heavy (non-hydrogen) atoms. The van der Waals surface area contributed by atoms with Crippen LogP contribution >= 0.6 is 43.2 Å². The van der Waals surface area contributed by atoms with Gasteiger partial charge in [-0.25, -0.2) is 0 Å². The molecule has 1 heterocycles. The number of nitrogens with one attached hydrogen (secondary N) is 1. The van der Waals surface area contributed by atoms with E-state index in [0.29, 0.717) is 0 Å². The highest BCUT2D eigenvalue weighted by Crippen LogP contribution is 2.31. The SMILES string of the molecule is CCNC(c1ccc(Br)cc1)c1ccc(Br)s1. The molecule has 0 aliphatic carbocycles. The van der Waals surface area contributed by atoms with Crippen LogP contribution < -0.4 is 5.32 Å². The first kappa shape index (κ1) is 13.3. The van der Waals surface area contributed by atoms with E-state index in [1.54, 1.807) is 11.3 Å². The van der Waals surface area contributed by atoms with Gasteiger partial charge in [-0.3, -0.25) is 0 Å². The van der Waals surface area contributed by atoms with E-state index in [-0.39, 0.29) is 6.04 Å². The summed E-state index contributed by atoms with van der Waals surface area (Å²) in [7, 11) is 0. The minimum Gasteiger partial charge on any atom is -0.306 e. The third kappa shape index (κ3) is 3.41. The quantitative estimate of drug-likeness (QED) is 0.796. The molecular formula is C13H13Br2NS. The summed E-state index contributed by atoms with van der Waals surface area (Å²) >= 11 is 8.76. The van der Waals surface area contributed by atoms with Gasteiger partial charge in [0.15, 0.2) is 0 Å². The molecule has 0 fully saturated rings. The van der Waals surface area contributed by atoms with E-state index in [2.05, 4.69) is 80.5 Å². The van der Waals surface area contributed by atoms with Crippen LogP contribution in [0, 0.1) is 0 Å². The lowest BCUT2D eigenvalue weighted by atomic mass is 10.1. The Bertz CT molecular complexity index is 478. The van der Waals surface area contributed by atoms with Gasteiger partial charge in [0.05, 0.1) is 9.83 Å². The van der Waals surface area contributed by atoms with Crippen LogP contribution in [0.3, 0.4) is 0 Å². The Morgan fingerprint density at radius 2 is 1.82 bits per heavy atom. The summed E-state index contributed by atoms with van der Waals surface area (Å²) in [6.45, 7) is 3.09. The first-order valence-corrected chi connectivity index (χ1v) is 7.85. The van der Waals surface area contributed by atoms with E-state index in [1.807, 2.05) is 0 Å². The summed E-state index contributed by atoms with van der Waals surface area (Å²) in [5, 5.41) is 3.52. The lowest BCUT2D eigenvalue weighted by Gasteiger charge is -2.16. The largest absolute Gasteiger partial charge is 0.306 e. The Morgan fingerprint density at radius 3 is 2.35 bits per heavy atom. The molecule has 0 bridgehead atoms. The maximum atomic E-state index is 3.52. The van der Waals surface area contributed by atoms with Crippen molar-refractivity contribution >= 4 is 43.2 Å². The topological polar surface area (TPSA) is 12.0 Å². The summed E-state index contributed by atoms with van der Waals surface area (Å²) in [5.74, 6) is 0. The van der Waals surface area contributed by atoms with Crippen molar-refractivity contribution in [2.45, 2.75) is 13.0 Å². The molecule has 0 aliphatic heterocycles. The van der Waals surface area contributed by atoms with Crippen LogP contribution in [0.5, 0.6) is 0 Å². The van der Waals surface area contributed by atoms with Crippen LogP contribution in [-0.4, -0.2) is 6.54 Å². The van der Waals surface area contributed by atoms with Gasteiger partial charge in [-0.2, -0.15) is 0 Å². The third-order valence-electron chi connectivity index (χ3n) is 2.49. The van der Waals surface area contributed by atoms with Gasteiger partial charge < -0.3 is 5.32 Å². The zero-order chi connectivity index (χ0) is 12.3. The van der Waals surface area contributed by atoms with Gasteiger partial charge in [0.25, 0.3) is 0 Å². The molecule has 2 aromatic rings. The number of hydrogen-bond donors (Lipinski definition) is 1. The first-order chi connectivity index (χ1) is 8.20. The third-order valence-corrected chi connectivity index (χ3v) is 4.71. The lowest BCUT2D eigenvalue weighted by molar-refractivity contribution is 0.639. The van der Waals surface area contributed by atoms with Crippen molar-refractivity contribution in [1.82, 2.24) is 5.32 Å². The van der Waals surface area contributed by atoms with E-state index in [4.69, 9.17) is 0 Å². The standard InChI is InChI=1S/C13H13Br2NS/c1-2-16-13(11-7-8-12(15)17-11)9-3-5-10(14)6-4-9/h3-8,13,16H,2H2,1H3. The molecule has 1 aromatic carbocycles. The predicted octanol–water partition coefficient (Wildman–Crippen LogP) is 4.97. The average Bonchev–Trinajstić information content (AvgIpc) is 2.74. The monoisotopic (exact) mass is 373 g/mol. The van der Waals surface area contributed by atoms with Gasteiger partial charge >= 0.3 is 0 Å². The zero-order valence-electron chi connectivity index (χ0n) is 9.41. The molecule has 1 nitrogen and oxygen atoms in total. The average molecular weight is 375 g/mol. The van der Waals surface area contributed by atoms with Crippen LogP contribution in [0.1, 0.15) is 23.4 Å². The van der Waals surface area contributed by atoms with Crippen molar-refractivity contribution in [3.63, 3.8) is 0 Å². The molecular weight excluding hydrogens is 362 g/mol. The van der Waals surface area contributed by atoms with E-state index >= 15 is 0 Å². The van der Waals surface area contributed by atoms with Gasteiger partial charge in [0.2, 0.25) is 0 Å². The number of rotatable bonds is 4. The summed E-state index contributed by atoms with van der Waals surface area (Å²) in [4.78, 5) is 1.33. The number of halogens is 2. The van der Waals surface area contributed by atoms with Crippen molar-refractivity contribution in [2.75, 3.05) is 6.54 Å². The van der Waals surface area contributed by atoms with Gasteiger partial charge in [0, 0.05) is 9.35 Å². The van der Waals surface area contributed by atoms with Crippen LogP contribution in [0.2, 0.25) is 0 Å². The molecule has 0 aliphatic rings. The van der Waals surface area contributed by atoms with E-state index in [0.717, 1.165) is 11.0 Å². The van der Waals surface area contributed by atoms with Crippen LogP contribution in [-0.2, 0) is 0 Å². The van der Waals surface area contributed by atoms with E-state index in [9.17, 15) is 0 Å². The Morgan fingerprint density at radius 1 is 1.12 bits per heavy atom. The smallest absolute Gasteiger partial charge is 0.0702 e. The van der Waals surface area contributed by atoms with Gasteiger partial charge in [0.1, 0.15) is 0 Å². The molecule has 2 rings (SSSR count). The summed E-state index contributed by atoms with van der Waals surface area (Å²) in [6.07, 6.45) is 0. The van der Waals surface area contributed by atoms with Crippen LogP contribution in [0.15, 0.2) is 44.7 Å².